The molecule has 0 aromatic rings. The number of alkyl carbamates (subject to hydrolysis) is 1. The van der Waals surface area contributed by atoms with E-state index in [1.807, 2.05) is 0 Å². The zero-order valence-electron chi connectivity index (χ0n) is 10.1. The minimum atomic E-state index is -0.752. The second kappa shape index (κ2) is 5.16. The van der Waals surface area contributed by atoms with Crippen molar-refractivity contribution in [1.29, 1.82) is 0 Å². The molecule has 0 aromatic carbocycles. The van der Waals surface area contributed by atoms with Crippen LogP contribution >= 0.6 is 0 Å². The summed E-state index contributed by atoms with van der Waals surface area (Å²) in [6.07, 6.45) is -1.28. The molecule has 0 aromatic heterocycles. The second-order valence-electron chi connectivity index (χ2n) is 4.73. The third-order valence-corrected chi connectivity index (χ3v) is 1.72. The minimum Gasteiger partial charge on any atom is -0.444 e. The predicted molar refractivity (Wildman–Crippen MR) is 59.7 cm³/mol. The monoisotopic (exact) mass is 215 g/mol. The van der Waals surface area contributed by atoms with Crippen LogP contribution in [-0.2, 0) is 4.74 Å². The van der Waals surface area contributed by atoms with E-state index in [1.165, 1.54) is 0 Å². The Morgan fingerprint density at radius 1 is 1.47 bits per heavy atom. The molecule has 0 rings (SSSR count). The number of aliphatic hydroxyl groups is 1. The molecular weight excluding hydrogens is 194 g/mol. The van der Waals surface area contributed by atoms with E-state index < -0.39 is 23.8 Å². The smallest absolute Gasteiger partial charge is 0.407 e. The molecule has 15 heavy (non-hydrogen) atoms. The fourth-order valence-corrected chi connectivity index (χ4v) is 0.999. The molecule has 0 fully saturated rings. The summed E-state index contributed by atoms with van der Waals surface area (Å²) in [6, 6.07) is -0.405. The molecule has 0 radical (unpaired) electrons. The largest absolute Gasteiger partial charge is 0.444 e. The van der Waals surface area contributed by atoms with Crippen LogP contribution < -0.4 is 5.32 Å². The minimum absolute atomic E-state index is 0.405. The van der Waals surface area contributed by atoms with Crippen molar-refractivity contribution in [2.24, 2.45) is 0 Å². The number of ether oxygens (including phenoxy) is 1. The maximum absolute atomic E-state index is 11.3. The molecule has 1 amide bonds. The van der Waals surface area contributed by atoms with Gasteiger partial charge in [-0.3, -0.25) is 0 Å². The molecule has 4 nitrogen and oxygen atoms in total. The number of aliphatic hydroxyl groups excluding tert-OH is 1. The van der Waals surface area contributed by atoms with Crippen molar-refractivity contribution < 1.29 is 14.6 Å². The lowest BCUT2D eigenvalue weighted by Crippen LogP contribution is -2.43. The molecule has 2 atom stereocenters. The average Bonchev–Trinajstić information content (AvgIpc) is 1.98. The molecular formula is C11H21NO3. The van der Waals surface area contributed by atoms with Gasteiger partial charge in [0, 0.05) is 0 Å². The van der Waals surface area contributed by atoms with Crippen LogP contribution in [0.4, 0.5) is 4.79 Å². The zero-order chi connectivity index (χ0) is 12.2. The van der Waals surface area contributed by atoms with E-state index in [-0.39, 0.29) is 0 Å². The Hall–Kier alpha value is -1.03. The van der Waals surface area contributed by atoms with Gasteiger partial charge >= 0.3 is 6.09 Å². The van der Waals surface area contributed by atoms with Crippen LogP contribution in [0.3, 0.4) is 0 Å². The van der Waals surface area contributed by atoms with Crippen LogP contribution in [0.5, 0.6) is 0 Å². The highest BCUT2D eigenvalue weighted by Gasteiger charge is 2.21. The highest BCUT2D eigenvalue weighted by molar-refractivity contribution is 5.68. The van der Waals surface area contributed by atoms with E-state index in [1.54, 1.807) is 34.6 Å². The number of carbonyl (C=O) groups is 1. The normalized spacial score (nSPS) is 15.3. The molecule has 0 heterocycles. The van der Waals surface area contributed by atoms with Gasteiger partial charge in [-0.2, -0.15) is 0 Å². The third kappa shape index (κ3) is 6.12. The Labute approximate surface area is 91.3 Å². The Kier molecular flexibility index (Phi) is 4.81. The Morgan fingerprint density at radius 3 is 2.27 bits per heavy atom. The maximum atomic E-state index is 11.3. The lowest BCUT2D eigenvalue weighted by atomic mass is 10.1. The lowest BCUT2D eigenvalue weighted by Gasteiger charge is -2.24. The summed E-state index contributed by atoms with van der Waals surface area (Å²) in [5.74, 6) is 0. The van der Waals surface area contributed by atoms with Gasteiger partial charge in [0.1, 0.15) is 5.60 Å². The molecule has 2 N–H and O–H groups in total. The van der Waals surface area contributed by atoms with Gasteiger partial charge in [-0.05, 0) is 34.6 Å². The predicted octanol–water partition coefficient (Wildman–Crippen LogP) is 1.84. The van der Waals surface area contributed by atoms with Gasteiger partial charge < -0.3 is 15.2 Å². The van der Waals surface area contributed by atoms with Crippen molar-refractivity contribution >= 4 is 6.09 Å². The Balaban J connectivity index is 4.13. The van der Waals surface area contributed by atoms with E-state index >= 15 is 0 Å². The first-order valence-corrected chi connectivity index (χ1v) is 4.96. The van der Waals surface area contributed by atoms with Gasteiger partial charge in [-0.25, -0.2) is 4.79 Å². The molecule has 0 bridgehead atoms. The molecule has 88 valence electrons. The van der Waals surface area contributed by atoms with E-state index in [2.05, 4.69) is 11.9 Å². The summed E-state index contributed by atoms with van der Waals surface area (Å²) < 4.78 is 5.05. The molecule has 0 saturated carbocycles. The first-order chi connectivity index (χ1) is 6.63. The third-order valence-electron chi connectivity index (χ3n) is 1.72. The highest BCUT2D eigenvalue weighted by Crippen LogP contribution is 2.08. The van der Waals surface area contributed by atoms with Gasteiger partial charge in [0.2, 0.25) is 0 Å². The van der Waals surface area contributed by atoms with Gasteiger partial charge in [0.05, 0.1) is 12.1 Å². The van der Waals surface area contributed by atoms with Crippen LogP contribution in [0.2, 0.25) is 0 Å². The summed E-state index contributed by atoms with van der Waals surface area (Å²) in [7, 11) is 0. The average molecular weight is 215 g/mol. The van der Waals surface area contributed by atoms with Crippen molar-refractivity contribution in [2.45, 2.75) is 52.4 Å². The van der Waals surface area contributed by atoms with Gasteiger partial charge in [-0.15, -0.1) is 0 Å². The first kappa shape index (κ1) is 14.0. The van der Waals surface area contributed by atoms with E-state index in [4.69, 9.17) is 4.74 Å². The Bertz CT molecular complexity index is 243. The number of hydrogen-bond acceptors (Lipinski definition) is 3. The van der Waals surface area contributed by atoms with Gasteiger partial charge in [-0.1, -0.05) is 12.2 Å². The van der Waals surface area contributed by atoms with E-state index in [0.29, 0.717) is 5.57 Å². The van der Waals surface area contributed by atoms with Crippen molar-refractivity contribution in [3.05, 3.63) is 12.2 Å². The molecule has 2 unspecified atom stereocenters. The quantitative estimate of drug-likeness (QED) is 0.706. The molecule has 0 saturated heterocycles. The van der Waals surface area contributed by atoms with Crippen LogP contribution in [0, 0.1) is 0 Å². The summed E-state index contributed by atoms with van der Waals surface area (Å²) >= 11 is 0. The van der Waals surface area contributed by atoms with Crippen molar-refractivity contribution in [1.82, 2.24) is 5.32 Å². The highest BCUT2D eigenvalue weighted by atomic mass is 16.6. The number of amides is 1. The van der Waals surface area contributed by atoms with Crippen molar-refractivity contribution in [2.75, 3.05) is 0 Å². The van der Waals surface area contributed by atoms with Gasteiger partial charge in [0.15, 0.2) is 0 Å². The maximum Gasteiger partial charge on any atom is 0.407 e. The first-order valence-electron chi connectivity index (χ1n) is 4.96. The number of rotatable bonds is 3. The fraction of sp³-hybridized carbons (Fsp3) is 0.727. The second-order valence-corrected chi connectivity index (χ2v) is 4.73. The molecule has 0 aliphatic rings. The number of nitrogens with one attached hydrogen (secondary N) is 1. The van der Waals surface area contributed by atoms with Crippen LogP contribution in [-0.4, -0.2) is 28.9 Å². The summed E-state index contributed by atoms with van der Waals surface area (Å²) in [5.41, 5.74) is 0.0800. The van der Waals surface area contributed by atoms with E-state index in [9.17, 15) is 9.90 Å². The van der Waals surface area contributed by atoms with Crippen LogP contribution in [0.15, 0.2) is 12.2 Å². The number of carbonyl (C=O) groups excluding carboxylic acids is 1. The van der Waals surface area contributed by atoms with Crippen LogP contribution in [0.1, 0.15) is 34.6 Å². The fourth-order valence-electron chi connectivity index (χ4n) is 0.999. The topological polar surface area (TPSA) is 58.6 Å². The SMILES string of the molecule is C=C(C)C(O)C(C)NC(=O)OC(C)(C)C. The molecule has 0 spiro atoms. The Morgan fingerprint density at radius 2 is 1.93 bits per heavy atom. The van der Waals surface area contributed by atoms with E-state index in [0.717, 1.165) is 0 Å². The lowest BCUT2D eigenvalue weighted by molar-refractivity contribution is 0.0460. The zero-order valence-corrected chi connectivity index (χ0v) is 10.1. The van der Waals surface area contributed by atoms with Crippen molar-refractivity contribution in [3.8, 4) is 0 Å². The van der Waals surface area contributed by atoms with Crippen molar-refractivity contribution in [3.63, 3.8) is 0 Å². The molecule has 0 aliphatic carbocycles. The van der Waals surface area contributed by atoms with Gasteiger partial charge in [0.25, 0.3) is 0 Å². The number of hydrogen-bond donors (Lipinski definition) is 2. The standard InChI is InChI=1S/C11H21NO3/c1-7(2)9(13)8(3)12-10(14)15-11(4,5)6/h8-9,13H,1H2,2-6H3,(H,12,14). The molecule has 0 aliphatic heterocycles. The van der Waals surface area contributed by atoms with Crippen LogP contribution in [0.25, 0.3) is 0 Å². The summed E-state index contributed by atoms with van der Waals surface area (Å²) in [4.78, 5) is 11.3. The summed E-state index contributed by atoms with van der Waals surface area (Å²) in [5, 5.41) is 12.1. The molecule has 4 heteroatoms. The summed E-state index contributed by atoms with van der Waals surface area (Å²) in [6.45, 7) is 12.4.